The zero-order valence-corrected chi connectivity index (χ0v) is 11.1. The summed E-state index contributed by atoms with van der Waals surface area (Å²) in [5.74, 6) is 0.899. The minimum absolute atomic E-state index is 0.126. The lowest BCUT2D eigenvalue weighted by atomic mass is 10.1. The van der Waals surface area contributed by atoms with Gasteiger partial charge in [0.15, 0.2) is 0 Å². The topological polar surface area (TPSA) is 44.5 Å². The van der Waals surface area contributed by atoms with E-state index in [-0.39, 0.29) is 12.1 Å². The van der Waals surface area contributed by atoms with Crippen molar-refractivity contribution in [3.05, 3.63) is 29.8 Å². The Morgan fingerprint density at radius 3 is 2.72 bits per heavy atom. The first kappa shape index (κ1) is 13.4. The van der Waals surface area contributed by atoms with E-state index < -0.39 is 0 Å². The molecule has 3 nitrogen and oxygen atoms in total. The van der Waals surface area contributed by atoms with Gasteiger partial charge >= 0.3 is 0 Å². The van der Waals surface area contributed by atoms with Crippen LogP contribution in [0.3, 0.4) is 0 Å². The number of ether oxygens (including phenoxy) is 2. The molecule has 0 spiro atoms. The van der Waals surface area contributed by atoms with Gasteiger partial charge in [0.2, 0.25) is 0 Å². The summed E-state index contributed by atoms with van der Waals surface area (Å²) in [5.41, 5.74) is 7.14. The largest absolute Gasteiger partial charge is 0.491 e. The number of hydrogen-bond acceptors (Lipinski definition) is 3. The van der Waals surface area contributed by atoms with E-state index >= 15 is 0 Å². The molecule has 2 rings (SSSR count). The smallest absolute Gasteiger partial charge is 0.119 e. The molecule has 1 aliphatic heterocycles. The third kappa shape index (κ3) is 3.72. The molecule has 18 heavy (non-hydrogen) atoms. The van der Waals surface area contributed by atoms with Crippen LogP contribution in [0, 0.1) is 0 Å². The standard InChI is InChI=1S/C15H23NO2/c1-2-15(16)12-6-8-13(9-7-12)18-11-14-5-3-4-10-17-14/h6-9,14-15H,2-5,10-11,16H2,1H3/t14?,15-/m0/s1. The highest BCUT2D eigenvalue weighted by Crippen LogP contribution is 2.19. The van der Waals surface area contributed by atoms with Crippen molar-refractivity contribution in [3.63, 3.8) is 0 Å². The molecule has 1 heterocycles. The lowest BCUT2D eigenvalue weighted by Crippen LogP contribution is -2.25. The fraction of sp³-hybridized carbons (Fsp3) is 0.600. The molecular weight excluding hydrogens is 226 g/mol. The molecule has 1 aliphatic rings. The molecule has 0 bridgehead atoms. The van der Waals surface area contributed by atoms with Crippen LogP contribution < -0.4 is 10.5 Å². The van der Waals surface area contributed by atoms with Gasteiger partial charge in [-0.3, -0.25) is 0 Å². The summed E-state index contributed by atoms with van der Waals surface area (Å²) in [6, 6.07) is 8.21. The van der Waals surface area contributed by atoms with E-state index in [0.717, 1.165) is 25.2 Å². The fourth-order valence-corrected chi connectivity index (χ4v) is 2.17. The third-order valence-electron chi connectivity index (χ3n) is 3.46. The maximum absolute atomic E-state index is 5.97. The molecule has 0 saturated carbocycles. The average molecular weight is 249 g/mol. The molecule has 1 saturated heterocycles. The van der Waals surface area contributed by atoms with Crippen LogP contribution in [0.25, 0.3) is 0 Å². The molecular formula is C15H23NO2. The first-order valence-corrected chi connectivity index (χ1v) is 6.89. The van der Waals surface area contributed by atoms with Gasteiger partial charge in [0.1, 0.15) is 12.4 Å². The molecule has 2 atom stereocenters. The van der Waals surface area contributed by atoms with Crippen molar-refractivity contribution in [1.82, 2.24) is 0 Å². The van der Waals surface area contributed by atoms with Crippen LogP contribution in [0.2, 0.25) is 0 Å². The number of nitrogens with two attached hydrogens (primary N) is 1. The number of rotatable bonds is 5. The maximum atomic E-state index is 5.97. The molecule has 2 N–H and O–H groups in total. The summed E-state index contributed by atoms with van der Waals surface area (Å²) >= 11 is 0. The van der Waals surface area contributed by atoms with Crippen molar-refractivity contribution >= 4 is 0 Å². The van der Waals surface area contributed by atoms with E-state index in [9.17, 15) is 0 Å². The Kier molecular flexibility index (Phi) is 5.02. The van der Waals surface area contributed by atoms with Crippen molar-refractivity contribution < 1.29 is 9.47 Å². The van der Waals surface area contributed by atoms with E-state index in [4.69, 9.17) is 15.2 Å². The van der Waals surface area contributed by atoms with Gasteiger partial charge in [0, 0.05) is 12.6 Å². The lowest BCUT2D eigenvalue weighted by molar-refractivity contribution is -0.0110. The summed E-state index contributed by atoms with van der Waals surface area (Å²) in [6.45, 7) is 3.62. The molecule has 1 fully saturated rings. The van der Waals surface area contributed by atoms with Gasteiger partial charge in [-0.2, -0.15) is 0 Å². The van der Waals surface area contributed by atoms with Gasteiger partial charge in [-0.25, -0.2) is 0 Å². The van der Waals surface area contributed by atoms with Crippen LogP contribution in [0.15, 0.2) is 24.3 Å². The second-order valence-corrected chi connectivity index (χ2v) is 4.88. The molecule has 0 radical (unpaired) electrons. The van der Waals surface area contributed by atoms with Crippen LogP contribution in [0.1, 0.15) is 44.2 Å². The summed E-state index contributed by atoms with van der Waals surface area (Å²) in [7, 11) is 0. The van der Waals surface area contributed by atoms with Crippen molar-refractivity contribution in [3.8, 4) is 5.75 Å². The van der Waals surface area contributed by atoms with E-state index in [1.54, 1.807) is 0 Å². The quantitative estimate of drug-likeness (QED) is 0.872. The van der Waals surface area contributed by atoms with E-state index in [2.05, 4.69) is 6.92 Å². The highest BCUT2D eigenvalue weighted by Gasteiger charge is 2.14. The Labute approximate surface area is 109 Å². The molecule has 1 aromatic carbocycles. The van der Waals surface area contributed by atoms with Crippen LogP contribution in [0.5, 0.6) is 5.75 Å². The second-order valence-electron chi connectivity index (χ2n) is 4.88. The van der Waals surface area contributed by atoms with E-state index in [0.29, 0.717) is 6.61 Å². The van der Waals surface area contributed by atoms with E-state index in [1.807, 2.05) is 24.3 Å². The summed E-state index contributed by atoms with van der Waals surface area (Å²) in [5, 5.41) is 0. The summed E-state index contributed by atoms with van der Waals surface area (Å²) < 4.78 is 11.4. The predicted molar refractivity (Wildman–Crippen MR) is 72.7 cm³/mol. The van der Waals surface area contributed by atoms with Gasteiger partial charge in [0.25, 0.3) is 0 Å². The fourth-order valence-electron chi connectivity index (χ4n) is 2.17. The first-order chi connectivity index (χ1) is 8.79. The molecule has 0 amide bonds. The molecule has 1 unspecified atom stereocenters. The van der Waals surface area contributed by atoms with Gasteiger partial charge in [-0.05, 0) is 43.4 Å². The molecule has 0 aliphatic carbocycles. The SMILES string of the molecule is CC[C@H](N)c1ccc(OCC2CCCCO2)cc1. The minimum atomic E-state index is 0.126. The lowest BCUT2D eigenvalue weighted by Gasteiger charge is -2.22. The number of benzene rings is 1. The summed E-state index contributed by atoms with van der Waals surface area (Å²) in [6.07, 6.45) is 4.75. The third-order valence-corrected chi connectivity index (χ3v) is 3.46. The number of hydrogen-bond donors (Lipinski definition) is 1. The molecule has 0 aromatic heterocycles. The van der Waals surface area contributed by atoms with Crippen LogP contribution >= 0.6 is 0 Å². The van der Waals surface area contributed by atoms with Crippen LogP contribution in [-0.2, 0) is 4.74 Å². The molecule has 100 valence electrons. The van der Waals surface area contributed by atoms with Gasteiger partial charge < -0.3 is 15.2 Å². The Hall–Kier alpha value is -1.06. The Balaban J connectivity index is 1.82. The van der Waals surface area contributed by atoms with Crippen LogP contribution in [0.4, 0.5) is 0 Å². The first-order valence-electron chi connectivity index (χ1n) is 6.89. The van der Waals surface area contributed by atoms with Crippen LogP contribution in [-0.4, -0.2) is 19.3 Å². The zero-order valence-electron chi connectivity index (χ0n) is 11.1. The highest BCUT2D eigenvalue weighted by atomic mass is 16.5. The van der Waals surface area contributed by atoms with Gasteiger partial charge in [-0.15, -0.1) is 0 Å². The highest BCUT2D eigenvalue weighted by molar-refractivity contribution is 5.29. The average Bonchev–Trinajstić information content (AvgIpc) is 2.46. The Morgan fingerprint density at radius 2 is 2.11 bits per heavy atom. The maximum Gasteiger partial charge on any atom is 0.119 e. The van der Waals surface area contributed by atoms with E-state index in [1.165, 1.54) is 18.4 Å². The van der Waals surface area contributed by atoms with Crippen molar-refractivity contribution in [2.75, 3.05) is 13.2 Å². The normalized spacial score (nSPS) is 21.6. The van der Waals surface area contributed by atoms with Crippen molar-refractivity contribution in [2.45, 2.75) is 44.8 Å². The second kappa shape index (κ2) is 6.76. The predicted octanol–water partition coefficient (Wildman–Crippen LogP) is 3.04. The monoisotopic (exact) mass is 249 g/mol. The Bertz CT molecular complexity index is 344. The Morgan fingerprint density at radius 1 is 1.33 bits per heavy atom. The summed E-state index contributed by atoms with van der Waals surface area (Å²) in [4.78, 5) is 0. The van der Waals surface area contributed by atoms with Gasteiger partial charge in [-0.1, -0.05) is 19.1 Å². The molecule has 3 heteroatoms. The van der Waals surface area contributed by atoms with Crippen molar-refractivity contribution in [1.29, 1.82) is 0 Å². The zero-order chi connectivity index (χ0) is 12.8. The van der Waals surface area contributed by atoms with Crippen molar-refractivity contribution in [2.24, 2.45) is 5.73 Å². The minimum Gasteiger partial charge on any atom is -0.491 e. The van der Waals surface area contributed by atoms with Gasteiger partial charge in [0.05, 0.1) is 6.10 Å². The molecule has 1 aromatic rings.